The molecule has 2 aromatic carbocycles. The third-order valence-corrected chi connectivity index (χ3v) is 6.77. The van der Waals surface area contributed by atoms with Crippen LogP contribution in [0, 0.1) is 20.8 Å². The van der Waals surface area contributed by atoms with Crippen LogP contribution in [0.15, 0.2) is 36.4 Å². The zero-order valence-electron chi connectivity index (χ0n) is 17.3. The molecule has 1 fully saturated rings. The number of nitrogens with one attached hydrogen (secondary N) is 1. The summed E-state index contributed by atoms with van der Waals surface area (Å²) in [4.78, 5) is 21.7. The first-order valence-corrected chi connectivity index (χ1v) is 11.0. The Labute approximate surface area is 175 Å². The Bertz CT molecular complexity index is 985. The topological polar surface area (TPSA) is 46.9 Å². The van der Waals surface area contributed by atoms with Gasteiger partial charge in [-0.1, -0.05) is 41.2 Å². The number of hydrogen-bond acceptors (Lipinski definition) is 4. The van der Waals surface area contributed by atoms with E-state index in [0.717, 1.165) is 60.2 Å². The molecule has 2 heterocycles. The molecule has 6 heteroatoms. The van der Waals surface area contributed by atoms with Crippen LogP contribution >= 0.6 is 11.3 Å². The Kier molecular flexibility index (Phi) is 5.94. The van der Waals surface area contributed by atoms with E-state index in [1.807, 2.05) is 36.1 Å². The molecule has 0 atom stereocenters. The number of quaternary nitrogens is 1. The lowest BCUT2D eigenvalue weighted by atomic mass is 10.1. The van der Waals surface area contributed by atoms with Gasteiger partial charge in [-0.25, -0.2) is 4.98 Å². The summed E-state index contributed by atoms with van der Waals surface area (Å²) >= 11 is 1.62. The van der Waals surface area contributed by atoms with Crippen LogP contribution in [0.4, 0.5) is 5.13 Å². The van der Waals surface area contributed by atoms with Crippen LogP contribution in [0.25, 0.3) is 10.2 Å². The Morgan fingerprint density at radius 3 is 2.62 bits per heavy atom. The normalized spacial score (nSPS) is 15.0. The second-order valence-corrected chi connectivity index (χ2v) is 8.79. The van der Waals surface area contributed by atoms with E-state index in [-0.39, 0.29) is 5.91 Å². The molecule has 1 aromatic heterocycles. The number of hydrogen-bond donors (Lipinski definition) is 1. The summed E-state index contributed by atoms with van der Waals surface area (Å²) in [7, 11) is 0. The van der Waals surface area contributed by atoms with Crippen molar-refractivity contribution in [2.45, 2.75) is 20.8 Å². The standard InChI is InChI=1S/C23H27N3O2S/c1-16-5-4-6-19(15-16)22(27)26(10-9-25-11-13-28-14-12-25)23-24-20-17(2)7-8-18(3)21(20)29-23/h4-8,15H,9-14H2,1-3H3/p+1. The number of amides is 1. The number of fused-ring (bicyclic) bond motifs is 1. The maximum atomic E-state index is 13.5. The van der Waals surface area contributed by atoms with Crippen LogP contribution in [-0.2, 0) is 4.74 Å². The zero-order chi connectivity index (χ0) is 20.4. The van der Waals surface area contributed by atoms with Gasteiger partial charge in [0, 0.05) is 5.56 Å². The van der Waals surface area contributed by atoms with E-state index in [2.05, 4.69) is 26.0 Å². The molecule has 0 aliphatic carbocycles. The number of benzene rings is 2. The van der Waals surface area contributed by atoms with Crippen LogP contribution in [-0.4, -0.2) is 50.3 Å². The van der Waals surface area contributed by atoms with Crippen molar-refractivity contribution in [1.82, 2.24) is 4.98 Å². The predicted octanol–water partition coefficient (Wildman–Crippen LogP) is 2.78. The molecule has 1 aliphatic rings. The summed E-state index contributed by atoms with van der Waals surface area (Å²) in [6.07, 6.45) is 0. The van der Waals surface area contributed by atoms with Gasteiger partial charge in [0.05, 0.1) is 36.5 Å². The Hall–Kier alpha value is -2.28. The van der Waals surface area contributed by atoms with Gasteiger partial charge in [0.25, 0.3) is 5.91 Å². The molecule has 0 spiro atoms. The summed E-state index contributed by atoms with van der Waals surface area (Å²) in [5.41, 5.74) is 5.16. The molecule has 1 aliphatic heterocycles. The van der Waals surface area contributed by atoms with E-state index in [0.29, 0.717) is 6.54 Å². The quantitative estimate of drug-likeness (QED) is 0.704. The fourth-order valence-corrected chi connectivity index (χ4v) is 4.90. The van der Waals surface area contributed by atoms with Crippen molar-refractivity contribution in [3.8, 4) is 0 Å². The van der Waals surface area contributed by atoms with E-state index in [1.165, 1.54) is 15.2 Å². The number of carbonyl (C=O) groups is 1. The van der Waals surface area contributed by atoms with E-state index < -0.39 is 0 Å². The third-order valence-electron chi connectivity index (χ3n) is 5.56. The molecule has 3 aromatic rings. The van der Waals surface area contributed by atoms with Gasteiger partial charge in [0.15, 0.2) is 5.13 Å². The number of ether oxygens (including phenoxy) is 1. The van der Waals surface area contributed by atoms with E-state index in [4.69, 9.17) is 9.72 Å². The number of morpholine rings is 1. The van der Waals surface area contributed by atoms with E-state index >= 15 is 0 Å². The van der Waals surface area contributed by atoms with Gasteiger partial charge in [-0.15, -0.1) is 0 Å². The molecule has 0 unspecified atom stereocenters. The Morgan fingerprint density at radius 1 is 1.14 bits per heavy atom. The van der Waals surface area contributed by atoms with Crippen molar-refractivity contribution in [3.05, 3.63) is 58.7 Å². The average Bonchev–Trinajstić information content (AvgIpc) is 3.18. The van der Waals surface area contributed by atoms with Crippen molar-refractivity contribution in [3.63, 3.8) is 0 Å². The average molecular weight is 411 g/mol. The number of thiazole rings is 1. The number of rotatable bonds is 5. The molecule has 0 saturated carbocycles. The molecular formula is C23H28N3O2S+. The van der Waals surface area contributed by atoms with Crippen LogP contribution < -0.4 is 9.80 Å². The first-order chi connectivity index (χ1) is 14.0. The molecule has 5 nitrogen and oxygen atoms in total. The van der Waals surface area contributed by atoms with Crippen molar-refractivity contribution < 1.29 is 14.4 Å². The maximum absolute atomic E-state index is 13.5. The van der Waals surface area contributed by atoms with Gasteiger partial charge in [0.2, 0.25) is 0 Å². The van der Waals surface area contributed by atoms with Gasteiger partial charge in [0.1, 0.15) is 13.1 Å². The highest BCUT2D eigenvalue weighted by molar-refractivity contribution is 7.22. The lowest BCUT2D eigenvalue weighted by Crippen LogP contribution is -3.14. The number of nitrogens with zero attached hydrogens (tertiary/aromatic N) is 2. The van der Waals surface area contributed by atoms with Crippen molar-refractivity contribution in [2.24, 2.45) is 0 Å². The van der Waals surface area contributed by atoms with E-state index in [9.17, 15) is 4.79 Å². The lowest BCUT2D eigenvalue weighted by molar-refractivity contribution is -0.906. The SMILES string of the molecule is Cc1cccc(C(=O)N(CC[NH+]2CCOCC2)c2nc3c(C)ccc(C)c3s2)c1. The highest BCUT2D eigenvalue weighted by Crippen LogP contribution is 2.33. The predicted molar refractivity (Wildman–Crippen MR) is 118 cm³/mol. The van der Waals surface area contributed by atoms with Crippen LogP contribution in [0.5, 0.6) is 0 Å². The van der Waals surface area contributed by atoms with Crippen LogP contribution in [0.3, 0.4) is 0 Å². The zero-order valence-corrected chi connectivity index (χ0v) is 18.1. The van der Waals surface area contributed by atoms with Gasteiger partial charge in [-0.05, 0) is 44.0 Å². The fraction of sp³-hybridized carbons (Fsp3) is 0.391. The number of anilines is 1. The maximum Gasteiger partial charge on any atom is 0.260 e. The molecule has 152 valence electrons. The van der Waals surface area contributed by atoms with Gasteiger partial charge in [-0.2, -0.15) is 0 Å². The van der Waals surface area contributed by atoms with Crippen molar-refractivity contribution >= 4 is 32.6 Å². The molecule has 1 amide bonds. The van der Waals surface area contributed by atoms with Gasteiger partial charge >= 0.3 is 0 Å². The number of aromatic nitrogens is 1. The fourth-order valence-electron chi connectivity index (χ4n) is 3.76. The second kappa shape index (κ2) is 8.61. The van der Waals surface area contributed by atoms with Crippen LogP contribution in [0.2, 0.25) is 0 Å². The molecular weight excluding hydrogens is 382 g/mol. The molecule has 4 rings (SSSR count). The first kappa shape index (κ1) is 20.0. The molecule has 1 N–H and O–H groups in total. The number of carbonyl (C=O) groups excluding carboxylic acids is 1. The minimum absolute atomic E-state index is 0.0238. The Balaban J connectivity index is 1.68. The summed E-state index contributed by atoms with van der Waals surface area (Å²) < 4.78 is 6.64. The van der Waals surface area contributed by atoms with Gasteiger partial charge < -0.3 is 9.64 Å². The number of aryl methyl sites for hydroxylation is 3. The molecule has 0 bridgehead atoms. The minimum Gasteiger partial charge on any atom is -0.370 e. The van der Waals surface area contributed by atoms with Gasteiger partial charge in [-0.3, -0.25) is 9.69 Å². The van der Waals surface area contributed by atoms with Crippen molar-refractivity contribution in [1.29, 1.82) is 0 Å². The lowest BCUT2D eigenvalue weighted by Gasteiger charge is -2.27. The monoisotopic (exact) mass is 410 g/mol. The van der Waals surface area contributed by atoms with Crippen LogP contribution in [0.1, 0.15) is 27.0 Å². The molecule has 0 radical (unpaired) electrons. The molecule has 1 saturated heterocycles. The largest absolute Gasteiger partial charge is 0.370 e. The summed E-state index contributed by atoms with van der Waals surface area (Å²) in [5.74, 6) is 0.0238. The highest BCUT2D eigenvalue weighted by atomic mass is 32.1. The highest BCUT2D eigenvalue weighted by Gasteiger charge is 2.24. The second-order valence-electron chi connectivity index (χ2n) is 7.81. The van der Waals surface area contributed by atoms with Crippen molar-refractivity contribution in [2.75, 3.05) is 44.3 Å². The summed E-state index contributed by atoms with van der Waals surface area (Å²) in [6.45, 7) is 11.3. The summed E-state index contributed by atoms with van der Waals surface area (Å²) in [6, 6.07) is 12.1. The third kappa shape index (κ3) is 4.34. The van der Waals surface area contributed by atoms with E-state index in [1.54, 1.807) is 11.3 Å². The summed E-state index contributed by atoms with van der Waals surface area (Å²) in [5, 5.41) is 0.788. The molecule has 29 heavy (non-hydrogen) atoms. The Morgan fingerprint density at radius 2 is 1.90 bits per heavy atom. The first-order valence-electron chi connectivity index (χ1n) is 10.2. The minimum atomic E-state index is 0.0238. The smallest absolute Gasteiger partial charge is 0.260 e.